The zero-order chi connectivity index (χ0) is 33.0. The quantitative estimate of drug-likeness (QED) is 0.0815. The molecule has 7 N–H and O–H groups in total. The number of carboxylic acid groups (broad SMARTS) is 1. The van der Waals surface area contributed by atoms with Gasteiger partial charge in [-0.2, -0.15) is 0 Å². The van der Waals surface area contributed by atoms with Crippen LogP contribution in [0.5, 0.6) is 5.75 Å². The summed E-state index contributed by atoms with van der Waals surface area (Å²) >= 11 is 3.88. The van der Waals surface area contributed by atoms with Gasteiger partial charge in [0.05, 0.1) is 12.8 Å². The SMILES string of the molecule is COCCNc1ncc(N(C(N)=O)C(C(=O)NC2C(=O)N3C(C(=O)O)=C(CSc4nncs4)CS[C@@H]23)c2ccc(O)cc2)c(=O)[nH]1. The minimum Gasteiger partial charge on any atom is -0.508 e. The first-order chi connectivity index (χ1) is 22.1. The van der Waals surface area contributed by atoms with Gasteiger partial charge in [-0.25, -0.2) is 14.6 Å². The van der Waals surface area contributed by atoms with Crippen molar-refractivity contribution < 1.29 is 34.1 Å². The standard InChI is InChI=1S/C26H27N9O8S3/c1-43-7-6-28-25-29-8-15(19(37)32-25)34(24(27)42)17(12-2-4-14(36)5-3-12)20(38)31-16-21(39)35-18(23(40)41)13(9-44-22(16)35)10-45-26-33-30-11-46-26/h2-5,8,11,16-17,22,36H,6-7,9-10H2,1H3,(H2,27,42)(H,31,38)(H,40,41)(H2,28,29,32,37)/t16?,17?,22-/m0/s1. The van der Waals surface area contributed by atoms with Crippen LogP contribution in [-0.2, 0) is 19.1 Å². The Morgan fingerprint density at radius 1 is 1.28 bits per heavy atom. The number of nitrogens with one attached hydrogen (secondary N) is 3. The summed E-state index contributed by atoms with van der Waals surface area (Å²) in [7, 11) is 1.50. The predicted molar refractivity (Wildman–Crippen MR) is 168 cm³/mol. The van der Waals surface area contributed by atoms with Gasteiger partial charge in [0.25, 0.3) is 11.5 Å². The van der Waals surface area contributed by atoms with Gasteiger partial charge in [0.15, 0.2) is 4.34 Å². The van der Waals surface area contributed by atoms with Crippen LogP contribution >= 0.6 is 34.9 Å². The molecule has 2 unspecified atom stereocenters. The molecule has 46 heavy (non-hydrogen) atoms. The number of nitrogens with two attached hydrogens (primary N) is 1. The fourth-order valence-electron chi connectivity index (χ4n) is 4.78. The molecule has 2 aliphatic heterocycles. The first-order valence-corrected chi connectivity index (χ1v) is 16.3. The Labute approximate surface area is 272 Å². The van der Waals surface area contributed by atoms with Gasteiger partial charge in [-0.3, -0.25) is 29.2 Å². The topological polar surface area (TPSA) is 246 Å². The molecule has 4 amide bonds. The molecule has 20 heteroatoms. The summed E-state index contributed by atoms with van der Waals surface area (Å²) < 4.78 is 5.61. The number of hydrogen-bond acceptors (Lipinski definition) is 14. The Morgan fingerprint density at radius 3 is 2.67 bits per heavy atom. The molecule has 1 aromatic carbocycles. The van der Waals surface area contributed by atoms with Gasteiger partial charge in [0, 0.05) is 25.2 Å². The summed E-state index contributed by atoms with van der Waals surface area (Å²) in [5.74, 6) is -2.34. The minimum absolute atomic E-state index is 0.0821. The van der Waals surface area contributed by atoms with Gasteiger partial charge in [-0.1, -0.05) is 35.2 Å². The molecule has 1 fully saturated rings. The number of carboxylic acids is 1. The minimum atomic E-state index is -1.59. The van der Waals surface area contributed by atoms with Crippen LogP contribution in [0.3, 0.4) is 0 Å². The average molecular weight is 690 g/mol. The highest BCUT2D eigenvalue weighted by Crippen LogP contribution is 2.42. The Balaban J connectivity index is 1.41. The van der Waals surface area contributed by atoms with Crippen LogP contribution in [0.15, 0.2) is 56.4 Å². The molecule has 1 saturated heterocycles. The van der Waals surface area contributed by atoms with Crippen molar-refractivity contribution in [1.82, 2.24) is 30.4 Å². The number of aromatic amines is 1. The van der Waals surface area contributed by atoms with Gasteiger partial charge in [-0.15, -0.1) is 22.0 Å². The number of H-pyrrole nitrogens is 1. The number of aliphatic carboxylic acids is 1. The van der Waals surface area contributed by atoms with Gasteiger partial charge < -0.3 is 31.3 Å². The number of primary amides is 1. The van der Waals surface area contributed by atoms with Crippen LogP contribution in [0.1, 0.15) is 11.6 Å². The molecule has 0 spiro atoms. The van der Waals surface area contributed by atoms with E-state index in [2.05, 4.69) is 30.8 Å². The average Bonchev–Trinajstić information content (AvgIpc) is 3.55. The second-order valence-electron chi connectivity index (χ2n) is 9.71. The molecule has 0 aliphatic carbocycles. The van der Waals surface area contributed by atoms with Crippen LogP contribution in [0.2, 0.25) is 0 Å². The number of hydrogen-bond donors (Lipinski definition) is 6. The maximum atomic E-state index is 13.9. The van der Waals surface area contributed by atoms with E-state index in [1.807, 2.05) is 0 Å². The van der Waals surface area contributed by atoms with Gasteiger partial charge in [0.1, 0.15) is 40.1 Å². The number of phenols is 1. The zero-order valence-corrected chi connectivity index (χ0v) is 26.4. The fraction of sp³-hybridized carbons (Fsp3) is 0.308. The summed E-state index contributed by atoms with van der Waals surface area (Å²) in [5.41, 5.74) is 6.60. The number of carbonyl (C=O) groups excluding carboxylic acids is 3. The number of nitrogens with zero attached hydrogens (tertiary/aromatic N) is 5. The van der Waals surface area contributed by atoms with Crippen molar-refractivity contribution >= 4 is 70.3 Å². The summed E-state index contributed by atoms with van der Waals surface area (Å²) in [6, 6.07) is 1.35. The number of benzene rings is 1. The van der Waals surface area contributed by atoms with Crippen molar-refractivity contribution in [2.24, 2.45) is 5.73 Å². The van der Waals surface area contributed by atoms with Gasteiger partial charge in [0.2, 0.25) is 11.9 Å². The molecule has 3 atom stereocenters. The summed E-state index contributed by atoms with van der Waals surface area (Å²) in [6.07, 6.45) is 1.07. The summed E-state index contributed by atoms with van der Waals surface area (Å²) in [6.45, 7) is 0.651. The van der Waals surface area contributed by atoms with E-state index in [0.717, 1.165) is 16.0 Å². The Morgan fingerprint density at radius 2 is 2.04 bits per heavy atom. The van der Waals surface area contributed by atoms with Crippen LogP contribution < -0.4 is 26.8 Å². The first kappa shape index (κ1) is 32.7. The van der Waals surface area contributed by atoms with E-state index in [9.17, 15) is 34.2 Å². The van der Waals surface area contributed by atoms with E-state index >= 15 is 0 Å². The lowest BCUT2D eigenvalue weighted by Gasteiger charge is -2.49. The van der Waals surface area contributed by atoms with Crippen molar-refractivity contribution in [2.45, 2.75) is 21.8 Å². The number of fused-ring (bicyclic) bond motifs is 1. The molecule has 5 rings (SSSR count). The zero-order valence-electron chi connectivity index (χ0n) is 23.9. The van der Waals surface area contributed by atoms with Crippen molar-refractivity contribution in [3.63, 3.8) is 0 Å². The number of aromatic hydroxyl groups is 1. The van der Waals surface area contributed by atoms with Crippen LogP contribution in [0.4, 0.5) is 16.4 Å². The normalized spacial score (nSPS) is 17.9. The molecule has 2 aliphatic rings. The summed E-state index contributed by atoms with van der Waals surface area (Å²) in [4.78, 5) is 73.9. The van der Waals surface area contributed by atoms with Crippen molar-refractivity contribution in [3.05, 3.63) is 63.2 Å². The second-order valence-corrected chi connectivity index (χ2v) is 12.9. The van der Waals surface area contributed by atoms with Gasteiger partial charge >= 0.3 is 12.0 Å². The molecule has 4 heterocycles. The number of ether oxygens (including phenoxy) is 1. The van der Waals surface area contributed by atoms with Crippen LogP contribution in [0, 0.1) is 0 Å². The number of phenolic OH excluding ortho intramolecular Hbond substituents is 1. The van der Waals surface area contributed by atoms with E-state index in [1.165, 1.54) is 66.2 Å². The number of amides is 4. The number of methoxy groups -OCH3 is 1. The third-order valence-corrected chi connectivity index (χ3v) is 10.1. The third kappa shape index (κ3) is 6.78. The number of thioether (sulfide) groups is 2. The molecule has 17 nitrogen and oxygen atoms in total. The Kier molecular flexibility index (Phi) is 10.1. The molecule has 2 aromatic heterocycles. The number of rotatable bonds is 13. The number of aromatic nitrogens is 4. The van der Waals surface area contributed by atoms with Gasteiger partial charge in [-0.05, 0) is 23.3 Å². The molecular weight excluding hydrogens is 663 g/mol. The lowest BCUT2D eigenvalue weighted by molar-refractivity contribution is -0.150. The Hall–Kier alpha value is -4.66. The predicted octanol–water partition coefficient (Wildman–Crippen LogP) is 0.543. The largest absolute Gasteiger partial charge is 0.508 e. The third-order valence-electron chi connectivity index (χ3n) is 6.85. The maximum Gasteiger partial charge on any atom is 0.352 e. The van der Waals surface area contributed by atoms with Crippen molar-refractivity contribution in [1.29, 1.82) is 0 Å². The van der Waals surface area contributed by atoms with E-state index in [-0.39, 0.29) is 40.2 Å². The van der Waals surface area contributed by atoms with Crippen LogP contribution in [-0.4, -0.2) is 102 Å². The molecule has 0 bridgehead atoms. The molecule has 242 valence electrons. The van der Waals surface area contributed by atoms with Crippen LogP contribution in [0.25, 0.3) is 0 Å². The van der Waals surface area contributed by atoms with Crippen molar-refractivity contribution in [2.75, 3.05) is 42.0 Å². The smallest absolute Gasteiger partial charge is 0.352 e. The van der Waals surface area contributed by atoms with E-state index in [4.69, 9.17) is 10.5 Å². The number of anilines is 2. The highest BCUT2D eigenvalue weighted by molar-refractivity contribution is 8.01. The van der Waals surface area contributed by atoms with Crippen molar-refractivity contribution in [3.8, 4) is 5.75 Å². The van der Waals surface area contributed by atoms with E-state index in [1.54, 1.807) is 5.51 Å². The monoisotopic (exact) mass is 689 g/mol. The Bertz CT molecular complexity index is 1720. The number of urea groups is 1. The molecule has 0 saturated carbocycles. The summed E-state index contributed by atoms with van der Waals surface area (Å²) in [5, 5.41) is 32.3. The number of carbonyl (C=O) groups is 4. The lowest BCUT2D eigenvalue weighted by atomic mass is 10.00. The first-order valence-electron chi connectivity index (χ1n) is 13.4. The molecule has 0 radical (unpaired) electrons. The highest BCUT2D eigenvalue weighted by atomic mass is 32.2. The molecule has 3 aromatic rings. The highest BCUT2D eigenvalue weighted by Gasteiger charge is 2.54. The maximum absolute atomic E-state index is 13.9. The fourth-order valence-corrected chi connectivity index (χ4v) is 7.76. The number of β-lactam (4-membered cyclic amide) rings is 1. The second kappa shape index (κ2) is 14.2. The van der Waals surface area contributed by atoms with E-state index in [0.29, 0.717) is 23.1 Å². The molecular formula is C26H27N9O8S3. The lowest BCUT2D eigenvalue weighted by Crippen LogP contribution is -2.71. The van der Waals surface area contributed by atoms with E-state index < -0.39 is 46.8 Å².